The molecule has 0 spiro atoms. The molecule has 0 aliphatic rings. The van der Waals surface area contributed by atoms with E-state index in [-0.39, 0.29) is 11.9 Å². The standard InChI is InChI=1S/C9H21N3O/c1-7(2)8(3)11-9(13)6-10-12(4)5/h7-8,10H,6H2,1-5H3,(H,11,13). The molecule has 0 bridgehead atoms. The third kappa shape index (κ3) is 6.54. The number of carbonyl (C=O) groups is 1. The second-order valence-electron chi connectivity index (χ2n) is 3.83. The first kappa shape index (κ1) is 12.4. The van der Waals surface area contributed by atoms with Gasteiger partial charge in [-0.3, -0.25) is 9.80 Å². The van der Waals surface area contributed by atoms with Crippen molar-refractivity contribution in [2.45, 2.75) is 26.8 Å². The van der Waals surface area contributed by atoms with Crippen molar-refractivity contribution in [1.29, 1.82) is 0 Å². The Balaban J connectivity index is 3.62. The van der Waals surface area contributed by atoms with Crippen LogP contribution in [0.2, 0.25) is 0 Å². The lowest BCUT2D eigenvalue weighted by atomic mass is 10.1. The average molecular weight is 187 g/mol. The number of hydrazine groups is 1. The predicted molar refractivity (Wildman–Crippen MR) is 54.1 cm³/mol. The summed E-state index contributed by atoms with van der Waals surface area (Å²) in [6, 6.07) is 0.233. The Morgan fingerprint density at radius 2 is 1.85 bits per heavy atom. The first-order chi connectivity index (χ1) is 5.93. The average Bonchev–Trinajstić information content (AvgIpc) is 2.00. The summed E-state index contributed by atoms with van der Waals surface area (Å²) in [5, 5.41) is 4.67. The summed E-state index contributed by atoms with van der Waals surface area (Å²) in [6.07, 6.45) is 0. The topological polar surface area (TPSA) is 44.4 Å². The summed E-state index contributed by atoms with van der Waals surface area (Å²) in [6.45, 7) is 6.52. The zero-order valence-corrected chi connectivity index (χ0v) is 9.22. The maximum atomic E-state index is 11.3. The fraction of sp³-hybridized carbons (Fsp3) is 0.889. The fourth-order valence-corrected chi connectivity index (χ4v) is 0.702. The normalized spacial score (nSPS) is 13.5. The number of carbonyl (C=O) groups excluding carboxylic acids is 1. The van der Waals surface area contributed by atoms with Crippen LogP contribution in [0.25, 0.3) is 0 Å². The van der Waals surface area contributed by atoms with Gasteiger partial charge in [-0.15, -0.1) is 0 Å². The lowest BCUT2D eigenvalue weighted by molar-refractivity contribution is -0.121. The molecule has 4 heteroatoms. The minimum atomic E-state index is 0.0369. The minimum Gasteiger partial charge on any atom is -0.352 e. The quantitative estimate of drug-likeness (QED) is 0.605. The number of nitrogens with one attached hydrogen (secondary N) is 2. The van der Waals surface area contributed by atoms with Crippen molar-refractivity contribution in [2.24, 2.45) is 5.92 Å². The van der Waals surface area contributed by atoms with Crippen molar-refractivity contribution in [1.82, 2.24) is 15.8 Å². The second kappa shape index (κ2) is 5.94. The zero-order valence-electron chi connectivity index (χ0n) is 9.22. The van der Waals surface area contributed by atoms with Crippen LogP contribution in [0.1, 0.15) is 20.8 Å². The molecule has 1 atom stereocenters. The summed E-state index contributed by atoms with van der Waals surface area (Å²) in [4.78, 5) is 11.3. The van der Waals surface area contributed by atoms with Crippen LogP contribution in [0.5, 0.6) is 0 Å². The van der Waals surface area contributed by atoms with Crippen LogP contribution in [0.3, 0.4) is 0 Å². The molecule has 0 aliphatic heterocycles. The molecular weight excluding hydrogens is 166 g/mol. The van der Waals surface area contributed by atoms with Gasteiger partial charge in [0.1, 0.15) is 0 Å². The molecule has 0 saturated carbocycles. The van der Waals surface area contributed by atoms with Gasteiger partial charge >= 0.3 is 0 Å². The van der Waals surface area contributed by atoms with E-state index in [9.17, 15) is 4.79 Å². The SMILES string of the molecule is CC(C)C(C)NC(=O)CNN(C)C. The number of rotatable bonds is 5. The summed E-state index contributed by atoms with van der Waals surface area (Å²) in [5.74, 6) is 0.512. The summed E-state index contributed by atoms with van der Waals surface area (Å²) >= 11 is 0. The van der Waals surface area contributed by atoms with E-state index in [1.165, 1.54) is 0 Å². The molecule has 0 radical (unpaired) electrons. The molecule has 4 nitrogen and oxygen atoms in total. The third-order valence-electron chi connectivity index (χ3n) is 1.94. The number of hydrogen-bond donors (Lipinski definition) is 2. The monoisotopic (exact) mass is 187 g/mol. The molecule has 0 aliphatic carbocycles. The summed E-state index contributed by atoms with van der Waals surface area (Å²) < 4.78 is 0. The molecule has 0 saturated heterocycles. The van der Waals surface area contributed by atoms with Crippen LogP contribution in [0.15, 0.2) is 0 Å². The van der Waals surface area contributed by atoms with E-state index in [2.05, 4.69) is 24.6 Å². The molecule has 0 rings (SSSR count). The summed E-state index contributed by atoms with van der Waals surface area (Å²) in [5.41, 5.74) is 2.91. The van der Waals surface area contributed by atoms with E-state index in [0.29, 0.717) is 12.5 Å². The van der Waals surface area contributed by atoms with Gasteiger partial charge in [0, 0.05) is 20.1 Å². The molecular formula is C9H21N3O. The van der Waals surface area contributed by atoms with Crippen molar-refractivity contribution in [3.63, 3.8) is 0 Å². The Morgan fingerprint density at radius 3 is 2.23 bits per heavy atom. The molecule has 0 fully saturated rings. The zero-order chi connectivity index (χ0) is 10.4. The summed E-state index contributed by atoms with van der Waals surface area (Å²) in [7, 11) is 3.72. The number of amides is 1. The number of hydrogen-bond acceptors (Lipinski definition) is 3. The first-order valence-corrected chi connectivity index (χ1v) is 4.63. The van der Waals surface area contributed by atoms with Gasteiger partial charge in [0.05, 0.1) is 6.54 Å². The van der Waals surface area contributed by atoms with Crippen LogP contribution in [-0.2, 0) is 4.79 Å². The van der Waals surface area contributed by atoms with Crippen LogP contribution in [0.4, 0.5) is 0 Å². The van der Waals surface area contributed by atoms with Gasteiger partial charge in [-0.2, -0.15) is 0 Å². The van der Waals surface area contributed by atoms with E-state index in [1.807, 2.05) is 21.0 Å². The number of nitrogens with zero attached hydrogens (tertiary/aromatic N) is 1. The molecule has 2 N–H and O–H groups in total. The first-order valence-electron chi connectivity index (χ1n) is 4.63. The van der Waals surface area contributed by atoms with Crippen LogP contribution >= 0.6 is 0 Å². The lowest BCUT2D eigenvalue weighted by Crippen LogP contribution is -2.44. The minimum absolute atomic E-state index is 0.0369. The van der Waals surface area contributed by atoms with E-state index in [1.54, 1.807) is 5.01 Å². The van der Waals surface area contributed by atoms with Gasteiger partial charge in [-0.1, -0.05) is 13.8 Å². The molecule has 0 aromatic carbocycles. The lowest BCUT2D eigenvalue weighted by Gasteiger charge is -2.18. The molecule has 0 aromatic heterocycles. The molecule has 1 unspecified atom stereocenters. The van der Waals surface area contributed by atoms with E-state index >= 15 is 0 Å². The van der Waals surface area contributed by atoms with Crippen molar-refractivity contribution < 1.29 is 4.79 Å². The molecule has 0 aromatic rings. The van der Waals surface area contributed by atoms with Crippen LogP contribution in [-0.4, -0.2) is 37.6 Å². The van der Waals surface area contributed by atoms with Gasteiger partial charge in [-0.25, -0.2) is 5.43 Å². The van der Waals surface area contributed by atoms with Gasteiger partial charge < -0.3 is 5.32 Å². The van der Waals surface area contributed by atoms with Crippen molar-refractivity contribution >= 4 is 5.91 Å². The van der Waals surface area contributed by atoms with Crippen molar-refractivity contribution in [3.05, 3.63) is 0 Å². The van der Waals surface area contributed by atoms with Gasteiger partial charge in [0.25, 0.3) is 0 Å². The van der Waals surface area contributed by atoms with Crippen LogP contribution < -0.4 is 10.7 Å². The Morgan fingerprint density at radius 1 is 1.31 bits per heavy atom. The molecule has 78 valence electrons. The van der Waals surface area contributed by atoms with Crippen molar-refractivity contribution in [3.8, 4) is 0 Å². The van der Waals surface area contributed by atoms with E-state index < -0.39 is 0 Å². The largest absolute Gasteiger partial charge is 0.352 e. The highest BCUT2D eigenvalue weighted by molar-refractivity contribution is 5.78. The van der Waals surface area contributed by atoms with Crippen LogP contribution in [0, 0.1) is 5.92 Å². The second-order valence-corrected chi connectivity index (χ2v) is 3.83. The van der Waals surface area contributed by atoms with Gasteiger partial charge in [0.15, 0.2) is 0 Å². The third-order valence-corrected chi connectivity index (χ3v) is 1.94. The maximum Gasteiger partial charge on any atom is 0.235 e. The Hall–Kier alpha value is -0.610. The smallest absolute Gasteiger partial charge is 0.235 e. The van der Waals surface area contributed by atoms with Gasteiger partial charge in [-0.05, 0) is 12.8 Å². The molecule has 1 amide bonds. The highest BCUT2D eigenvalue weighted by atomic mass is 16.2. The van der Waals surface area contributed by atoms with E-state index in [4.69, 9.17) is 0 Å². The van der Waals surface area contributed by atoms with Gasteiger partial charge in [0.2, 0.25) is 5.91 Å². The fourth-order valence-electron chi connectivity index (χ4n) is 0.702. The predicted octanol–water partition coefficient (Wildman–Crippen LogP) is 0.213. The molecule has 13 heavy (non-hydrogen) atoms. The Labute approximate surface area is 80.7 Å². The highest BCUT2D eigenvalue weighted by Crippen LogP contribution is 1.98. The molecule has 0 heterocycles. The van der Waals surface area contributed by atoms with Crippen molar-refractivity contribution in [2.75, 3.05) is 20.6 Å². The highest BCUT2D eigenvalue weighted by Gasteiger charge is 2.09. The Bertz CT molecular complexity index is 157. The Kier molecular flexibility index (Phi) is 5.66. The van der Waals surface area contributed by atoms with E-state index in [0.717, 1.165) is 0 Å². The maximum absolute atomic E-state index is 11.3.